The molecule has 0 amide bonds. The van der Waals surface area contributed by atoms with Crippen LogP contribution >= 0.6 is 0 Å². The topological polar surface area (TPSA) is 77.2 Å². The molecule has 0 saturated heterocycles. The molecule has 5 nitrogen and oxygen atoms in total. The van der Waals surface area contributed by atoms with Gasteiger partial charge in [-0.15, -0.1) is 0 Å². The zero-order valence-electron chi connectivity index (χ0n) is 9.07. The highest BCUT2D eigenvalue weighted by Gasteiger charge is 2.09. The third kappa shape index (κ3) is 2.83. The van der Waals surface area contributed by atoms with Crippen molar-refractivity contribution in [2.45, 2.75) is 19.9 Å². The molecule has 0 aromatic carbocycles. The van der Waals surface area contributed by atoms with Crippen LogP contribution in [0.1, 0.15) is 24.2 Å². The Hall–Kier alpha value is -1.78. The van der Waals surface area contributed by atoms with Crippen molar-refractivity contribution >= 4 is 17.5 Å². The Morgan fingerprint density at radius 3 is 2.73 bits per heavy atom. The lowest BCUT2D eigenvalue weighted by molar-refractivity contribution is 0.0600. The number of pyridine rings is 1. The van der Waals surface area contributed by atoms with Crippen molar-refractivity contribution in [3.05, 3.63) is 17.8 Å². The summed E-state index contributed by atoms with van der Waals surface area (Å²) in [6.07, 6.45) is 1.44. The van der Waals surface area contributed by atoms with Gasteiger partial charge in [-0.05, 0) is 19.9 Å². The van der Waals surface area contributed by atoms with Gasteiger partial charge in [-0.1, -0.05) is 0 Å². The Balaban J connectivity index is 2.93. The maximum absolute atomic E-state index is 11.2. The van der Waals surface area contributed by atoms with E-state index in [1.54, 1.807) is 6.07 Å². The number of carbonyl (C=O) groups is 1. The molecule has 3 N–H and O–H groups in total. The molecule has 0 aliphatic rings. The van der Waals surface area contributed by atoms with Crippen LogP contribution in [0.4, 0.5) is 11.5 Å². The number of nitrogen functional groups attached to an aromatic ring is 1. The van der Waals surface area contributed by atoms with E-state index in [0.717, 1.165) is 0 Å². The van der Waals surface area contributed by atoms with Gasteiger partial charge in [0.05, 0.1) is 18.4 Å². The molecule has 1 aromatic heterocycles. The summed E-state index contributed by atoms with van der Waals surface area (Å²) in [5, 5.41) is 3.07. The van der Waals surface area contributed by atoms with Crippen molar-refractivity contribution in [3.8, 4) is 0 Å². The van der Waals surface area contributed by atoms with Gasteiger partial charge in [-0.2, -0.15) is 0 Å². The minimum absolute atomic E-state index is 0.240. The molecule has 82 valence electrons. The molecule has 0 spiro atoms. The second kappa shape index (κ2) is 4.63. The number of anilines is 2. The first kappa shape index (κ1) is 11.3. The number of hydrogen-bond donors (Lipinski definition) is 2. The fourth-order valence-corrected chi connectivity index (χ4v) is 1.11. The second-order valence-corrected chi connectivity index (χ2v) is 3.45. The number of ether oxygens (including phenoxy) is 1. The van der Waals surface area contributed by atoms with Gasteiger partial charge in [-0.25, -0.2) is 9.78 Å². The van der Waals surface area contributed by atoms with Crippen LogP contribution in [0.15, 0.2) is 12.3 Å². The van der Waals surface area contributed by atoms with Gasteiger partial charge >= 0.3 is 5.97 Å². The third-order valence-electron chi connectivity index (χ3n) is 1.76. The van der Waals surface area contributed by atoms with Gasteiger partial charge in [0.15, 0.2) is 0 Å². The van der Waals surface area contributed by atoms with E-state index >= 15 is 0 Å². The van der Waals surface area contributed by atoms with E-state index < -0.39 is 5.97 Å². The number of hydrogen-bond acceptors (Lipinski definition) is 5. The number of rotatable bonds is 3. The van der Waals surface area contributed by atoms with Crippen LogP contribution in [0, 0.1) is 0 Å². The zero-order chi connectivity index (χ0) is 11.4. The number of methoxy groups -OCH3 is 1. The van der Waals surface area contributed by atoms with Crippen molar-refractivity contribution in [2.24, 2.45) is 0 Å². The highest BCUT2D eigenvalue weighted by atomic mass is 16.5. The molecule has 1 rings (SSSR count). The van der Waals surface area contributed by atoms with E-state index in [2.05, 4.69) is 15.0 Å². The number of nitrogens with one attached hydrogen (secondary N) is 1. The Bertz CT molecular complexity index is 364. The first-order valence-corrected chi connectivity index (χ1v) is 4.65. The Morgan fingerprint density at radius 2 is 2.27 bits per heavy atom. The maximum Gasteiger partial charge on any atom is 0.339 e. The number of aromatic nitrogens is 1. The maximum atomic E-state index is 11.2. The van der Waals surface area contributed by atoms with Crippen molar-refractivity contribution in [2.75, 3.05) is 18.2 Å². The predicted octanol–water partition coefficient (Wildman–Crippen LogP) is 1.27. The highest BCUT2D eigenvalue weighted by Crippen LogP contribution is 2.17. The van der Waals surface area contributed by atoms with Gasteiger partial charge in [0.25, 0.3) is 0 Å². The molecule has 0 aliphatic heterocycles. The first-order valence-electron chi connectivity index (χ1n) is 4.65. The number of nitrogens with zero attached hydrogens (tertiary/aromatic N) is 1. The molecular formula is C10H15N3O2. The Kier molecular flexibility index (Phi) is 3.49. The lowest BCUT2D eigenvalue weighted by atomic mass is 10.2. The average molecular weight is 209 g/mol. The van der Waals surface area contributed by atoms with Crippen LogP contribution < -0.4 is 11.1 Å². The molecule has 1 heterocycles. The molecule has 15 heavy (non-hydrogen) atoms. The summed E-state index contributed by atoms with van der Waals surface area (Å²) in [4.78, 5) is 15.2. The number of nitrogens with two attached hydrogens (primary N) is 1. The van der Waals surface area contributed by atoms with Crippen LogP contribution in [-0.4, -0.2) is 24.1 Å². The van der Waals surface area contributed by atoms with E-state index in [4.69, 9.17) is 5.73 Å². The van der Waals surface area contributed by atoms with Crippen LogP contribution in [0.5, 0.6) is 0 Å². The van der Waals surface area contributed by atoms with Gasteiger partial charge in [0, 0.05) is 12.2 Å². The summed E-state index contributed by atoms with van der Waals surface area (Å²) in [6.45, 7) is 3.96. The van der Waals surface area contributed by atoms with Crippen LogP contribution in [0.2, 0.25) is 0 Å². The average Bonchev–Trinajstić information content (AvgIpc) is 2.19. The van der Waals surface area contributed by atoms with E-state index in [1.165, 1.54) is 13.3 Å². The molecule has 0 aliphatic carbocycles. The fourth-order valence-electron chi connectivity index (χ4n) is 1.11. The van der Waals surface area contributed by atoms with Gasteiger partial charge < -0.3 is 15.8 Å². The number of carbonyl (C=O) groups excluding carboxylic acids is 1. The zero-order valence-corrected chi connectivity index (χ0v) is 9.07. The van der Waals surface area contributed by atoms with E-state index in [0.29, 0.717) is 17.1 Å². The molecule has 5 heteroatoms. The SMILES string of the molecule is COC(=O)c1cnc(NC(C)C)c(N)c1. The summed E-state index contributed by atoms with van der Waals surface area (Å²) in [5.74, 6) is 0.142. The first-order chi connectivity index (χ1) is 7.04. The molecular weight excluding hydrogens is 194 g/mol. The summed E-state index contributed by atoms with van der Waals surface area (Å²) in [5.41, 5.74) is 6.52. The molecule has 0 fully saturated rings. The van der Waals surface area contributed by atoms with Crippen molar-refractivity contribution in [1.82, 2.24) is 4.98 Å². The lowest BCUT2D eigenvalue weighted by Crippen LogP contribution is -2.13. The van der Waals surface area contributed by atoms with Crippen LogP contribution in [0.25, 0.3) is 0 Å². The van der Waals surface area contributed by atoms with Crippen molar-refractivity contribution in [1.29, 1.82) is 0 Å². The molecule has 0 atom stereocenters. The highest BCUT2D eigenvalue weighted by molar-refractivity contribution is 5.90. The minimum Gasteiger partial charge on any atom is -0.465 e. The minimum atomic E-state index is -0.440. The van der Waals surface area contributed by atoms with Crippen molar-refractivity contribution < 1.29 is 9.53 Å². The number of esters is 1. The molecule has 0 unspecified atom stereocenters. The molecule has 0 bridgehead atoms. The van der Waals surface area contributed by atoms with Crippen molar-refractivity contribution in [3.63, 3.8) is 0 Å². The van der Waals surface area contributed by atoms with Gasteiger partial charge in [-0.3, -0.25) is 0 Å². The third-order valence-corrected chi connectivity index (χ3v) is 1.76. The van der Waals surface area contributed by atoms with Crippen LogP contribution in [-0.2, 0) is 4.74 Å². The Morgan fingerprint density at radius 1 is 1.60 bits per heavy atom. The predicted molar refractivity (Wildman–Crippen MR) is 58.7 cm³/mol. The normalized spacial score (nSPS) is 10.1. The second-order valence-electron chi connectivity index (χ2n) is 3.45. The lowest BCUT2D eigenvalue weighted by Gasteiger charge is -2.11. The van der Waals surface area contributed by atoms with E-state index in [9.17, 15) is 4.79 Å². The van der Waals surface area contributed by atoms with E-state index in [1.807, 2.05) is 13.8 Å². The van der Waals surface area contributed by atoms with E-state index in [-0.39, 0.29) is 6.04 Å². The molecule has 0 saturated carbocycles. The monoisotopic (exact) mass is 209 g/mol. The fraction of sp³-hybridized carbons (Fsp3) is 0.400. The summed E-state index contributed by atoms with van der Waals surface area (Å²) in [6, 6.07) is 1.78. The quantitative estimate of drug-likeness (QED) is 0.733. The Labute approximate surface area is 88.6 Å². The summed E-state index contributed by atoms with van der Waals surface area (Å²) < 4.78 is 4.56. The van der Waals surface area contributed by atoms with Crippen LogP contribution in [0.3, 0.4) is 0 Å². The molecule has 0 radical (unpaired) electrons. The van der Waals surface area contributed by atoms with Gasteiger partial charge in [0.2, 0.25) is 0 Å². The molecule has 1 aromatic rings. The summed E-state index contributed by atoms with van der Waals surface area (Å²) >= 11 is 0. The largest absolute Gasteiger partial charge is 0.465 e. The standard InChI is InChI=1S/C10H15N3O2/c1-6(2)13-9-8(11)4-7(5-12-9)10(14)15-3/h4-6H,11H2,1-3H3,(H,12,13). The smallest absolute Gasteiger partial charge is 0.339 e. The van der Waals surface area contributed by atoms with Gasteiger partial charge in [0.1, 0.15) is 5.82 Å². The summed E-state index contributed by atoms with van der Waals surface area (Å²) in [7, 11) is 1.32.